The molecule has 0 aliphatic rings. The van der Waals surface area contributed by atoms with E-state index in [1.165, 1.54) is 4.88 Å². The summed E-state index contributed by atoms with van der Waals surface area (Å²) in [7, 11) is 1.90. The van der Waals surface area contributed by atoms with Crippen LogP contribution in [0.5, 0.6) is 0 Å². The lowest BCUT2D eigenvalue weighted by Gasteiger charge is -1.90. The molecule has 0 spiro atoms. The van der Waals surface area contributed by atoms with Crippen molar-refractivity contribution in [1.29, 1.82) is 0 Å². The molecule has 15 heavy (non-hydrogen) atoms. The van der Waals surface area contributed by atoms with Gasteiger partial charge in [0.2, 0.25) is 11.7 Å². The van der Waals surface area contributed by atoms with Gasteiger partial charge in [-0.15, -0.1) is 11.3 Å². The highest BCUT2D eigenvalue weighted by molar-refractivity contribution is 7.15. The molecule has 0 unspecified atom stereocenters. The smallest absolute Gasteiger partial charge is 0.228 e. The normalized spacial score (nSPS) is 10.8. The summed E-state index contributed by atoms with van der Waals surface area (Å²) in [5.41, 5.74) is 0. The van der Waals surface area contributed by atoms with Gasteiger partial charge >= 0.3 is 0 Å². The first kappa shape index (κ1) is 10.3. The number of rotatable bonds is 4. The number of likely N-dealkylation sites (N-methyl/N-ethyl adjacent to an activating group) is 1. The lowest BCUT2D eigenvalue weighted by atomic mass is 10.4. The minimum atomic E-state index is 0.686. The van der Waals surface area contributed by atoms with Crippen LogP contribution in [0.3, 0.4) is 0 Å². The van der Waals surface area contributed by atoms with Crippen molar-refractivity contribution in [2.75, 3.05) is 13.6 Å². The van der Waals surface area contributed by atoms with E-state index in [9.17, 15) is 0 Å². The number of aryl methyl sites for hydroxylation is 1. The van der Waals surface area contributed by atoms with Crippen LogP contribution in [-0.4, -0.2) is 23.7 Å². The quantitative estimate of drug-likeness (QED) is 0.859. The Morgan fingerprint density at radius 1 is 1.47 bits per heavy atom. The molecule has 2 heterocycles. The minimum absolute atomic E-state index is 0.686. The second-order valence-electron chi connectivity index (χ2n) is 3.28. The molecule has 1 N–H and O–H groups in total. The van der Waals surface area contributed by atoms with Crippen molar-refractivity contribution >= 4 is 11.3 Å². The van der Waals surface area contributed by atoms with Gasteiger partial charge < -0.3 is 9.84 Å². The van der Waals surface area contributed by atoms with Crippen LogP contribution in [0.1, 0.15) is 10.8 Å². The summed E-state index contributed by atoms with van der Waals surface area (Å²) < 4.78 is 5.14. The molecule has 0 aliphatic heterocycles. The van der Waals surface area contributed by atoms with Gasteiger partial charge in [-0.2, -0.15) is 4.98 Å². The molecule has 2 aromatic heterocycles. The van der Waals surface area contributed by atoms with Crippen LogP contribution in [0.25, 0.3) is 10.7 Å². The van der Waals surface area contributed by atoms with Gasteiger partial charge in [0.05, 0.1) is 4.88 Å². The number of nitrogens with one attached hydrogen (secondary N) is 1. The molecule has 0 fully saturated rings. The zero-order valence-corrected chi connectivity index (χ0v) is 9.60. The van der Waals surface area contributed by atoms with Crippen molar-refractivity contribution in [1.82, 2.24) is 15.5 Å². The van der Waals surface area contributed by atoms with Crippen LogP contribution in [0.2, 0.25) is 0 Å². The molecule has 0 radical (unpaired) electrons. The van der Waals surface area contributed by atoms with Gasteiger partial charge in [0.25, 0.3) is 0 Å². The molecular weight excluding hydrogens is 210 g/mol. The maximum Gasteiger partial charge on any atom is 0.228 e. The van der Waals surface area contributed by atoms with Gasteiger partial charge in [0.1, 0.15) is 0 Å². The standard InChI is InChI=1S/C10H13N3OS/c1-7-3-4-8(15-7)10-12-9(14-13-10)5-6-11-2/h3-4,11H,5-6H2,1-2H3. The molecule has 80 valence electrons. The van der Waals surface area contributed by atoms with Crippen LogP contribution < -0.4 is 5.32 Å². The first-order valence-electron chi connectivity index (χ1n) is 4.83. The van der Waals surface area contributed by atoms with E-state index >= 15 is 0 Å². The molecule has 2 aromatic rings. The third-order valence-electron chi connectivity index (χ3n) is 2.02. The van der Waals surface area contributed by atoms with Crippen LogP contribution in [0.15, 0.2) is 16.7 Å². The Morgan fingerprint density at radius 3 is 3.00 bits per heavy atom. The third kappa shape index (κ3) is 2.43. The Hall–Kier alpha value is -1.20. The predicted octanol–water partition coefficient (Wildman–Crippen LogP) is 1.87. The summed E-state index contributed by atoms with van der Waals surface area (Å²) >= 11 is 1.68. The summed E-state index contributed by atoms with van der Waals surface area (Å²) in [5.74, 6) is 1.38. The number of aromatic nitrogens is 2. The Bertz CT molecular complexity index is 435. The van der Waals surface area contributed by atoms with Crippen LogP contribution in [-0.2, 0) is 6.42 Å². The number of hydrogen-bond acceptors (Lipinski definition) is 5. The van der Waals surface area contributed by atoms with Crippen molar-refractivity contribution < 1.29 is 4.52 Å². The van der Waals surface area contributed by atoms with Gasteiger partial charge in [0, 0.05) is 17.8 Å². The van der Waals surface area contributed by atoms with E-state index < -0.39 is 0 Å². The highest BCUT2D eigenvalue weighted by Crippen LogP contribution is 2.24. The summed E-state index contributed by atoms with van der Waals surface area (Å²) in [6.45, 7) is 2.92. The monoisotopic (exact) mass is 223 g/mol. The summed E-state index contributed by atoms with van der Waals surface area (Å²) in [6.07, 6.45) is 0.772. The van der Waals surface area contributed by atoms with Crippen molar-refractivity contribution in [3.63, 3.8) is 0 Å². The lowest BCUT2D eigenvalue weighted by Crippen LogP contribution is -2.10. The number of hydrogen-bond donors (Lipinski definition) is 1. The van der Waals surface area contributed by atoms with Crippen molar-refractivity contribution in [2.45, 2.75) is 13.3 Å². The van der Waals surface area contributed by atoms with E-state index in [1.54, 1.807) is 11.3 Å². The summed E-state index contributed by atoms with van der Waals surface area (Å²) in [6, 6.07) is 4.08. The summed E-state index contributed by atoms with van der Waals surface area (Å²) in [4.78, 5) is 6.64. The SMILES string of the molecule is CNCCc1nc(-c2ccc(C)s2)no1. The van der Waals surface area contributed by atoms with Gasteiger partial charge in [-0.3, -0.25) is 0 Å². The van der Waals surface area contributed by atoms with Crippen LogP contribution in [0.4, 0.5) is 0 Å². The molecule has 0 saturated carbocycles. The van der Waals surface area contributed by atoms with Crippen molar-refractivity contribution in [2.24, 2.45) is 0 Å². The minimum Gasteiger partial charge on any atom is -0.339 e. The average molecular weight is 223 g/mol. The Morgan fingerprint density at radius 2 is 2.33 bits per heavy atom. The molecule has 0 aromatic carbocycles. The van der Waals surface area contributed by atoms with E-state index in [0.717, 1.165) is 17.8 Å². The van der Waals surface area contributed by atoms with E-state index in [4.69, 9.17) is 4.52 Å². The molecule has 0 bridgehead atoms. The molecule has 5 heteroatoms. The molecule has 0 atom stereocenters. The van der Waals surface area contributed by atoms with Gasteiger partial charge in [-0.1, -0.05) is 5.16 Å². The summed E-state index contributed by atoms with van der Waals surface area (Å²) in [5, 5.41) is 6.99. The van der Waals surface area contributed by atoms with Gasteiger partial charge in [0.15, 0.2) is 0 Å². The third-order valence-corrected chi connectivity index (χ3v) is 3.01. The predicted molar refractivity (Wildman–Crippen MR) is 60.0 cm³/mol. The van der Waals surface area contributed by atoms with Gasteiger partial charge in [-0.05, 0) is 26.1 Å². The topological polar surface area (TPSA) is 51.0 Å². The highest BCUT2D eigenvalue weighted by Gasteiger charge is 2.09. The first-order chi connectivity index (χ1) is 7.29. The number of nitrogens with zero attached hydrogens (tertiary/aromatic N) is 2. The Kier molecular flexibility index (Phi) is 3.13. The Labute approximate surface area is 92.3 Å². The maximum absolute atomic E-state index is 5.14. The number of thiophene rings is 1. The fraction of sp³-hybridized carbons (Fsp3) is 0.400. The van der Waals surface area contributed by atoms with E-state index in [1.807, 2.05) is 13.1 Å². The largest absolute Gasteiger partial charge is 0.339 e. The lowest BCUT2D eigenvalue weighted by molar-refractivity contribution is 0.378. The van der Waals surface area contributed by atoms with E-state index in [0.29, 0.717) is 11.7 Å². The fourth-order valence-electron chi connectivity index (χ4n) is 1.24. The van der Waals surface area contributed by atoms with E-state index in [-0.39, 0.29) is 0 Å². The molecule has 0 aliphatic carbocycles. The van der Waals surface area contributed by atoms with Crippen molar-refractivity contribution in [3.8, 4) is 10.7 Å². The molecule has 4 nitrogen and oxygen atoms in total. The highest BCUT2D eigenvalue weighted by atomic mass is 32.1. The maximum atomic E-state index is 5.14. The average Bonchev–Trinajstić information content (AvgIpc) is 2.83. The molecule has 2 rings (SSSR count). The van der Waals surface area contributed by atoms with Crippen molar-refractivity contribution in [3.05, 3.63) is 22.9 Å². The zero-order valence-electron chi connectivity index (χ0n) is 8.78. The molecule has 0 amide bonds. The Balaban J connectivity index is 2.13. The second kappa shape index (κ2) is 4.55. The second-order valence-corrected chi connectivity index (χ2v) is 4.56. The van der Waals surface area contributed by atoms with Crippen LogP contribution in [0, 0.1) is 6.92 Å². The molecule has 0 saturated heterocycles. The first-order valence-corrected chi connectivity index (χ1v) is 5.65. The van der Waals surface area contributed by atoms with Gasteiger partial charge in [-0.25, -0.2) is 0 Å². The molecular formula is C10H13N3OS. The van der Waals surface area contributed by atoms with E-state index in [2.05, 4.69) is 28.4 Å². The fourth-order valence-corrected chi connectivity index (χ4v) is 2.04. The van der Waals surface area contributed by atoms with Crippen LogP contribution >= 0.6 is 11.3 Å². The zero-order chi connectivity index (χ0) is 10.7.